The third-order valence-corrected chi connectivity index (χ3v) is 4.19. The highest BCUT2D eigenvalue weighted by molar-refractivity contribution is 6.35. The molecule has 7 heteroatoms. The van der Waals surface area contributed by atoms with Crippen LogP contribution in [-0.4, -0.2) is 18.9 Å². The second-order valence-electron chi connectivity index (χ2n) is 5.97. The quantitative estimate of drug-likeness (QED) is 0.815. The van der Waals surface area contributed by atoms with Crippen LogP contribution in [0.25, 0.3) is 11.6 Å². The molecule has 0 aromatic heterocycles. The monoisotopic (exact) mass is 372 g/mol. The summed E-state index contributed by atoms with van der Waals surface area (Å²) in [5.41, 5.74) is 1.77. The Hall–Kier alpha value is -3.35. The maximum Gasteiger partial charge on any atom is 0.416 e. The summed E-state index contributed by atoms with van der Waals surface area (Å²) < 4.78 is 38.1. The molecule has 2 aromatic carbocycles. The first kappa shape index (κ1) is 18.4. The number of carbonyl (C=O) groups is 2. The zero-order chi connectivity index (χ0) is 19.8. The average molecular weight is 372 g/mol. The van der Waals surface area contributed by atoms with E-state index in [9.17, 15) is 22.8 Å². The lowest BCUT2D eigenvalue weighted by atomic mass is 10.0. The Morgan fingerprint density at radius 1 is 1.15 bits per heavy atom. The number of halogens is 3. The van der Waals surface area contributed by atoms with Crippen LogP contribution in [0, 0.1) is 0 Å². The zero-order valence-electron chi connectivity index (χ0n) is 14.3. The average Bonchev–Trinajstić information content (AvgIpc) is 2.86. The van der Waals surface area contributed by atoms with Crippen molar-refractivity contribution >= 4 is 34.8 Å². The number of hydrogen-bond acceptors (Lipinski definition) is 2. The predicted molar refractivity (Wildman–Crippen MR) is 98.0 cm³/mol. The third kappa shape index (κ3) is 3.62. The topological polar surface area (TPSA) is 49.4 Å². The molecule has 27 heavy (non-hydrogen) atoms. The second kappa shape index (κ2) is 6.75. The normalized spacial score (nSPS) is 15.0. The Balaban J connectivity index is 2.00. The fourth-order valence-electron chi connectivity index (χ4n) is 2.80. The molecule has 1 N–H and O–H groups in total. The third-order valence-electron chi connectivity index (χ3n) is 4.19. The molecule has 0 saturated carbocycles. The van der Waals surface area contributed by atoms with Gasteiger partial charge >= 0.3 is 6.18 Å². The van der Waals surface area contributed by atoms with Crippen LogP contribution in [-0.2, 0) is 15.8 Å². The Kier molecular flexibility index (Phi) is 4.61. The highest BCUT2D eigenvalue weighted by Crippen LogP contribution is 2.38. The number of likely N-dealkylation sites (N-methyl/N-ethyl adjacent to an activating group) is 1. The van der Waals surface area contributed by atoms with Gasteiger partial charge < -0.3 is 10.2 Å². The summed E-state index contributed by atoms with van der Waals surface area (Å²) in [5, 5.41) is 2.62. The van der Waals surface area contributed by atoms with E-state index in [1.165, 1.54) is 23.1 Å². The van der Waals surface area contributed by atoms with E-state index in [-0.39, 0.29) is 11.8 Å². The van der Waals surface area contributed by atoms with Crippen molar-refractivity contribution < 1.29 is 22.8 Å². The lowest BCUT2D eigenvalue weighted by Gasteiger charge is -2.09. The van der Waals surface area contributed by atoms with Crippen molar-refractivity contribution in [3.63, 3.8) is 0 Å². The molecule has 4 nitrogen and oxygen atoms in total. The highest BCUT2D eigenvalue weighted by atomic mass is 19.4. The van der Waals surface area contributed by atoms with Gasteiger partial charge in [0.1, 0.15) is 0 Å². The number of benzene rings is 2. The molecule has 3 rings (SSSR count). The molecular formula is C20H15F3N2O2. The van der Waals surface area contributed by atoms with E-state index < -0.39 is 11.7 Å². The largest absolute Gasteiger partial charge is 0.416 e. The first-order chi connectivity index (χ1) is 12.7. The molecule has 1 aliphatic heterocycles. The van der Waals surface area contributed by atoms with Gasteiger partial charge in [-0.2, -0.15) is 13.2 Å². The summed E-state index contributed by atoms with van der Waals surface area (Å²) in [7, 11) is 1.61. The number of nitrogens with one attached hydrogen (secondary N) is 1. The minimum atomic E-state index is -4.42. The molecule has 0 atom stereocenters. The smallest absolute Gasteiger partial charge is 0.323 e. The van der Waals surface area contributed by atoms with E-state index in [4.69, 9.17) is 0 Å². The van der Waals surface area contributed by atoms with Crippen molar-refractivity contribution in [2.45, 2.75) is 6.18 Å². The van der Waals surface area contributed by atoms with E-state index >= 15 is 0 Å². The van der Waals surface area contributed by atoms with E-state index in [2.05, 4.69) is 11.9 Å². The Morgan fingerprint density at radius 2 is 1.81 bits per heavy atom. The number of carbonyl (C=O) groups excluding carboxylic acids is 2. The Labute approximate surface area is 153 Å². The number of amides is 2. The van der Waals surface area contributed by atoms with E-state index in [1.807, 2.05) is 0 Å². The van der Waals surface area contributed by atoms with Crippen LogP contribution in [0.15, 0.2) is 55.1 Å². The van der Waals surface area contributed by atoms with Crippen molar-refractivity contribution in [1.82, 2.24) is 0 Å². The van der Waals surface area contributed by atoms with E-state index in [0.717, 1.165) is 18.2 Å². The molecule has 0 radical (unpaired) electrons. The Morgan fingerprint density at radius 3 is 2.41 bits per heavy atom. The standard InChI is InChI=1S/C20H15F3N2O2/c1-3-18(26)24-14-8-9-17-15(11-14)16(19(27)25(17)2)10-12-4-6-13(7-5-12)20(21,22)23/h3-11H,1H2,2H3,(H,24,26). The van der Waals surface area contributed by atoms with Gasteiger partial charge in [0, 0.05) is 23.9 Å². The van der Waals surface area contributed by atoms with Crippen LogP contribution in [0.4, 0.5) is 24.5 Å². The van der Waals surface area contributed by atoms with Gasteiger partial charge in [0.05, 0.1) is 11.3 Å². The molecule has 0 unspecified atom stereocenters. The number of alkyl halides is 3. The first-order valence-electron chi connectivity index (χ1n) is 7.95. The van der Waals surface area contributed by atoms with Crippen LogP contribution in [0.3, 0.4) is 0 Å². The van der Waals surface area contributed by atoms with Gasteiger partial charge in [-0.1, -0.05) is 18.7 Å². The van der Waals surface area contributed by atoms with Crippen LogP contribution >= 0.6 is 0 Å². The molecular weight excluding hydrogens is 357 g/mol. The maximum atomic E-state index is 12.7. The molecule has 0 saturated heterocycles. The second-order valence-corrected chi connectivity index (χ2v) is 5.97. The summed E-state index contributed by atoms with van der Waals surface area (Å²) in [4.78, 5) is 25.5. The first-order valence-corrected chi connectivity index (χ1v) is 7.95. The van der Waals surface area contributed by atoms with Crippen molar-refractivity contribution in [3.05, 3.63) is 71.8 Å². The Bertz CT molecular complexity index is 960. The molecule has 1 aliphatic rings. The van der Waals surface area contributed by atoms with Gasteiger partial charge in [0.25, 0.3) is 5.91 Å². The zero-order valence-corrected chi connectivity index (χ0v) is 14.3. The van der Waals surface area contributed by atoms with E-state index in [0.29, 0.717) is 28.1 Å². The van der Waals surface area contributed by atoms with Gasteiger partial charge in [-0.25, -0.2) is 0 Å². The fraction of sp³-hybridized carbons (Fsp3) is 0.100. The molecule has 2 aromatic rings. The molecule has 0 spiro atoms. The summed E-state index contributed by atoms with van der Waals surface area (Å²) in [6.07, 6.45) is -1.76. The van der Waals surface area contributed by atoms with Gasteiger partial charge in [-0.15, -0.1) is 0 Å². The minimum Gasteiger partial charge on any atom is -0.323 e. The van der Waals surface area contributed by atoms with Crippen LogP contribution in [0.1, 0.15) is 16.7 Å². The molecule has 0 fully saturated rings. The molecule has 138 valence electrons. The summed E-state index contributed by atoms with van der Waals surface area (Å²) >= 11 is 0. The van der Waals surface area contributed by atoms with Crippen molar-refractivity contribution in [2.24, 2.45) is 0 Å². The van der Waals surface area contributed by atoms with Gasteiger partial charge in [-0.3, -0.25) is 9.59 Å². The summed E-state index contributed by atoms with van der Waals surface area (Å²) in [5.74, 6) is -0.669. The van der Waals surface area contributed by atoms with Crippen LogP contribution in [0.5, 0.6) is 0 Å². The maximum absolute atomic E-state index is 12.7. The molecule has 1 heterocycles. The molecule has 2 amide bonds. The van der Waals surface area contributed by atoms with Crippen LogP contribution < -0.4 is 10.2 Å². The fourth-order valence-corrected chi connectivity index (χ4v) is 2.80. The number of rotatable bonds is 3. The molecule has 0 bridgehead atoms. The van der Waals surface area contributed by atoms with Gasteiger partial charge in [-0.05, 0) is 48.0 Å². The lowest BCUT2D eigenvalue weighted by Crippen LogP contribution is -2.20. The van der Waals surface area contributed by atoms with Crippen molar-refractivity contribution in [2.75, 3.05) is 17.3 Å². The number of hydrogen-bond donors (Lipinski definition) is 1. The van der Waals surface area contributed by atoms with Gasteiger partial charge in [0.2, 0.25) is 5.91 Å². The lowest BCUT2D eigenvalue weighted by molar-refractivity contribution is -0.137. The molecule has 0 aliphatic carbocycles. The predicted octanol–water partition coefficient (Wildman–Crippen LogP) is 4.35. The number of anilines is 2. The minimum absolute atomic E-state index is 0.280. The number of nitrogens with zero attached hydrogens (tertiary/aromatic N) is 1. The highest BCUT2D eigenvalue weighted by Gasteiger charge is 2.31. The summed E-state index contributed by atoms with van der Waals surface area (Å²) in [6.45, 7) is 3.38. The number of fused-ring (bicyclic) bond motifs is 1. The summed E-state index contributed by atoms with van der Waals surface area (Å²) in [6, 6.07) is 9.56. The van der Waals surface area contributed by atoms with Crippen molar-refractivity contribution in [1.29, 1.82) is 0 Å². The van der Waals surface area contributed by atoms with Crippen molar-refractivity contribution in [3.8, 4) is 0 Å². The van der Waals surface area contributed by atoms with E-state index in [1.54, 1.807) is 25.2 Å². The van der Waals surface area contributed by atoms with Crippen LogP contribution in [0.2, 0.25) is 0 Å². The SMILES string of the molecule is C=CC(=O)Nc1ccc2c(c1)C(=Cc1ccc(C(F)(F)F)cc1)C(=O)N2C. The van der Waals surface area contributed by atoms with Gasteiger partial charge in [0.15, 0.2) is 0 Å².